The summed E-state index contributed by atoms with van der Waals surface area (Å²) in [4.78, 5) is 40.6. The molecule has 0 bridgehead atoms. The first-order valence-corrected chi connectivity index (χ1v) is 15.1. The molecule has 2 aliphatic heterocycles. The number of anilines is 1. The SMILES string of the molecule is CCOC(=O)c1c(NC(=O)c2ccc(S(=O)(=O)N(C)CC3CCCO3)cc2)sc2c1CCN(C(=O)OCC)C2. The third kappa shape index (κ3) is 6.43. The number of esters is 1. The topological polar surface area (TPSA) is 132 Å². The highest BCUT2D eigenvalue weighted by Gasteiger charge is 2.32. The molecule has 212 valence electrons. The van der Waals surface area contributed by atoms with E-state index in [1.54, 1.807) is 18.7 Å². The number of thiophene rings is 1. The quantitative estimate of drug-likeness (QED) is 0.447. The van der Waals surface area contributed by atoms with Crippen LogP contribution in [0.4, 0.5) is 9.80 Å². The van der Waals surface area contributed by atoms with E-state index in [2.05, 4.69) is 5.32 Å². The van der Waals surface area contributed by atoms with Gasteiger partial charge in [0.25, 0.3) is 5.91 Å². The summed E-state index contributed by atoms with van der Waals surface area (Å²) in [7, 11) is -2.24. The molecule has 39 heavy (non-hydrogen) atoms. The molecular weight excluding hydrogens is 546 g/mol. The molecular formula is C26H33N3O8S2. The van der Waals surface area contributed by atoms with Crippen LogP contribution in [0.25, 0.3) is 0 Å². The molecule has 1 atom stereocenters. The number of amides is 2. The number of likely N-dealkylation sites (N-methyl/N-ethyl adjacent to an activating group) is 1. The van der Waals surface area contributed by atoms with Crippen LogP contribution in [-0.2, 0) is 37.2 Å². The Morgan fingerprint density at radius 1 is 1.15 bits per heavy atom. The van der Waals surface area contributed by atoms with Crippen molar-refractivity contribution in [2.75, 3.05) is 45.3 Å². The van der Waals surface area contributed by atoms with E-state index in [1.807, 2.05) is 0 Å². The van der Waals surface area contributed by atoms with Gasteiger partial charge < -0.3 is 24.4 Å². The van der Waals surface area contributed by atoms with Gasteiger partial charge in [-0.3, -0.25) is 4.79 Å². The molecule has 0 saturated carbocycles. The largest absolute Gasteiger partial charge is 0.462 e. The number of sulfonamides is 1. The van der Waals surface area contributed by atoms with Crippen molar-refractivity contribution < 1.29 is 37.0 Å². The summed E-state index contributed by atoms with van der Waals surface area (Å²) in [5.41, 5.74) is 1.25. The summed E-state index contributed by atoms with van der Waals surface area (Å²) in [6, 6.07) is 5.64. The number of ether oxygens (including phenoxy) is 3. The number of fused-ring (bicyclic) bond motifs is 1. The summed E-state index contributed by atoms with van der Waals surface area (Å²) in [5.74, 6) is -1.05. The lowest BCUT2D eigenvalue weighted by Gasteiger charge is -2.26. The maximum absolute atomic E-state index is 13.1. The minimum absolute atomic E-state index is 0.0670. The van der Waals surface area contributed by atoms with Gasteiger partial charge in [0.15, 0.2) is 0 Å². The van der Waals surface area contributed by atoms with Crippen LogP contribution in [-0.4, -0.2) is 81.7 Å². The predicted molar refractivity (Wildman–Crippen MR) is 145 cm³/mol. The van der Waals surface area contributed by atoms with E-state index in [4.69, 9.17) is 14.2 Å². The zero-order valence-corrected chi connectivity index (χ0v) is 23.9. The lowest BCUT2D eigenvalue weighted by Crippen LogP contribution is -2.36. The molecule has 1 aromatic carbocycles. The maximum Gasteiger partial charge on any atom is 0.410 e. The minimum atomic E-state index is -3.75. The normalized spacial score (nSPS) is 17.1. The Bertz CT molecular complexity index is 1320. The Morgan fingerprint density at radius 3 is 2.51 bits per heavy atom. The van der Waals surface area contributed by atoms with Crippen LogP contribution < -0.4 is 5.32 Å². The lowest BCUT2D eigenvalue weighted by atomic mass is 10.0. The summed E-state index contributed by atoms with van der Waals surface area (Å²) in [5, 5.41) is 3.11. The number of benzene rings is 1. The van der Waals surface area contributed by atoms with Gasteiger partial charge in [0.05, 0.1) is 36.3 Å². The Kier molecular flexibility index (Phi) is 9.26. The Balaban J connectivity index is 1.52. The summed E-state index contributed by atoms with van der Waals surface area (Å²) >= 11 is 1.21. The van der Waals surface area contributed by atoms with Gasteiger partial charge in [-0.1, -0.05) is 0 Å². The average Bonchev–Trinajstić information content (AvgIpc) is 3.55. The van der Waals surface area contributed by atoms with E-state index < -0.39 is 28.0 Å². The summed E-state index contributed by atoms with van der Waals surface area (Å²) < 4.78 is 43.1. The first-order chi connectivity index (χ1) is 18.6. The number of nitrogens with one attached hydrogen (secondary N) is 1. The number of carbonyl (C=O) groups excluding carboxylic acids is 3. The number of rotatable bonds is 9. The van der Waals surface area contributed by atoms with E-state index >= 15 is 0 Å². The molecule has 0 spiro atoms. The van der Waals surface area contributed by atoms with Crippen LogP contribution in [0.2, 0.25) is 0 Å². The second-order valence-electron chi connectivity index (χ2n) is 9.20. The van der Waals surface area contributed by atoms with Crippen molar-refractivity contribution in [3.05, 3.63) is 45.8 Å². The van der Waals surface area contributed by atoms with Gasteiger partial charge in [0.2, 0.25) is 10.0 Å². The number of hydrogen-bond donors (Lipinski definition) is 1. The molecule has 11 nitrogen and oxygen atoms in total. The van der Waals surface area contributed by atoms with E-state index in [0.29, 0.717) is 24.6 Å². The molecule has 2 aromatic rings. The van der Waals surface area contributed by atoms with E-state index in [0.717, 1.165) is 23.3 Å². The van der Waals surface area contributed by atoms with Crippen LogP contribution in [0.1, 0.15) is 57.8 Å². The highest BCUT2D eigenvalue weighted by molar-refractivity contribution is 7.89. The van der Waals surface area contributed by atoms with Gasteiger partial charge in [0, 0.05) is 37.2 Å². The Hall–Kier alpha value is -3.00. The van der Waals surface area contributed by atoms with Crippen LogP contribution in [0.5, 0.6) is 0 Å². The molecule has 2 amide bonds. The van der Waals surface area contributed by atoms with Crippen LogP contribution >= 0.6 is 11.3 Å². The highest BCUT2D eigenvalue weighted by Crippen LogP contribution is 2.38. The van der Waals surface area contributed by atoms with Crippen LogP contribution in [0.15, 0.2) is 29.2 Å². The Labute approximate surface area is 232 Å². The third-order valence-corrected chi connectivity index (χ3v) is 9.57. The standard InChI is InChI=1S/C26H33N3O8S2/c1-4-35-25(31)22-20-12-13-29(26(32)36-5-2)16-21(20)38-24(22)27-23(30)17-8-10-19(11-9-17)39(33,34)28(3)15-18-7-6-14-37-18/h8-11,18H,4-7,12-16H2,1-3H3,(H,27,30). The molecule has 4 rings (SSSR count). The van der Waals surface area contributed by atoms with Gasteiger partial charge in [0.1, 0.15) is 5.00 Å². The second kappa shape index (κ2) is 12.5. The first-order valence-electron chi connectivity index (χ1n) is 12.9. The third-order valence-electron chi connectivity index (χ3n) is 6.60. The molecule has 1 fully saturated rings. The van der Waals surface area contributed by atoms with E-state index in [9.17, 15) is 22.8 Å². The fourth-order valence-electron chi connectivity index (χ4n) is 4.59. The van der Waals surface area contributed by atoms with Crippen molar-refractivity contribution in [3.8, 4) is 0 Å². The fraction of sp³-hybridized carbons (Fsp3) is 0.500. The fourth-order valence-corrected chi connectivity index (χ4v) is 7.04. The van der Waals surface area contributed by atoms with E-state index in [-0.39, 0.29) is 48.4 Å². The van der Waals surface area contributed by atoms with E-state index in [1.165, 1.54) is 47.0 Å². The molecule has 1 unspecified atom stereocenters. The monoisotopic (exact) mass is 579 g/mol. The number of nitrogens with zero attached hydrogens (tertiary/aromatic N) is 2. The zero-order valence-electron chi connectivity index (χ0n) is 22.2. The van der Waals surface area contributed by atoms with Crippen molar-refractivity contribution in [1.82, 2.24) is 9.21 Å². The van der Waals surface area contributed by atoms with Crippen molar-refractivity contribution in [3.63, 3.8) is 0 Å². The van der Waals surface area contributed by atoms with Crippen LogP contribution in [0, 0.1) is 0 Å². The van der Waals surface area contributed by atoms with Crippen molar-refractivity contribution in [1.29, 1.82) is 0 Å². The minimum Gasteiger partial charge on any atom is -0.462 e. The highest BCUT2D eigenvalue weighted by atomic mass is 32.2. The molecule has 1 N–H and O–H groups in total. The molecule has 1 aromatic heterocycles. The van der Waals surface area contributed by atoms with Crippen molar-refractivity contribution in [2.24, 2.45) is 0 Å². The van der Waals surface area contributed by atoms with Gasteiger partial charge in [-0.25, -0.2) is 18.0 Å². The second-order valence-corrected chi connectivity index (χ2v) is 12.3. The van der Waals surface area contributed by atoms with Gasteiger partial charge in [-0.15, -0.1) is 11.3 Å². The smallest absolute Gasteiger partial charge is 0.410 e. The lowest BCUT2D eigenvalue weighted by molar-refractivity contribution is 0.0526. The Morgan fingerprint density at radius 2 is 1.87 bits per heavy atom. The molecule has 0 aliphatic carbocycles. The first kappa shape index (κ1) is 29.0. The summed E-state index contributed by atoms with van der Waals surface area (Å²) in [6.07, 6.45) is 1.60. The van der Waals surface area contributed by atoms with Gasteiger partial charge >= 0.3 is 12.1 Å². The molecule has 3 heterocycles. The average molecular weight is 580 g/mol. The van der Waals surface area contributed by atoms with Gasteiger partial charge in [-0.2, -0.15) is 4.31 Å². The number of carbonyl (C=O) groups is 3. The molecule has 1 saturated heterocycles. The molecule has 2 aliphatic rings. The zero-order chi connectivity index (χ0) is 28.2. The predicted octanol–water partition coefficient (Wildman–Crippen LogP) is 3.49. The van der Waals surface area contributed by atoms with Crippen molar-refractivity contribution >= 4 is 44.3 Å². The number of hydrogen-bond acceptors (Lipinski definition) is 9. The molecule has 13 heteroatoms. The van der Waals surface area contributed by atoms with Crippen LogP contribution in [0.3, 0.4) is 0 Å². The molecule has 0 radical (unpaired) electrons. The maximum atomic E-state index is 13.1. The van der Waals surface area contributed by atoms with Crippen molar-refractivity contribution in [2.45, 2.75) is 50.7 Å². The summed E-state index contributed by atoms with van der Waals surface area (Å²) in [6.45, 7) is 5.39. The van der Waals surface area contributed by atoms with Gasteiger partial charge in [-0.05, 0) is 62.9 Å².